The van der Waals surface area contributed by atoms with Crippen molar-refractivity contribution in [1.29, 1.82) is 5.26 Å². The maximum Gasteiger partial charge on any atom is 0.0991 e. The van der Waals surface area contributed by atoms with Gasteiger partial charge in [0.1, 0.15) is 0 Å². The molecule has 0 unspecified atom stereocenters. The second-order valence-corrected chi connectivity index (χ2v) is 3.41. The highest BCUT2D eigenvalue weighted by Crippen LogP contribution is 2.40. The standard InChI is InChI=1S/C12H10N/c1-2-9-5-10(8-13)7-12(6-9)11-3-4-11/h5-7,11H,1,3-4H2. The summed E-state index contributed by atoms with van der Waals surface area (Å²) in [6, 6.07) is 8.02. The van der Waals surface area contributed by atoms with Gasteiger partial charge < -0.3 is 0 Å². The first kappa shape index (κ1) is 8.07. The Labute approximate surface area is 78.3 Å². The molecule has 1 fully saturated rings. The SMILES string of the molecule is C=[C]c1cc(C#N)cc(C2CC2)c1. The summed E-state index contributed by atoms with van der Waals surface area (Å²) >= 11 is 0. The quantitative estimate of drug-likeness (QED) is 0.666. The highest BCUT2D eigenvalue weighted by Gasteiger charge is 2.23. The molecule has 0 amide bonds. The average Bonchev–Trinajstić information content (AvgIpc) is 3.00. The lowest BCUT2D eigenvalue weighted by Gasteiger charge is -2.00. The number of nitrogens with zero attached hydrogens (tertiary/aromatic N) is 1. The van der Waals surface area contributed by atoms with Crippen LogP contribution in [0.4, 0.5) is 0 Å². The zero-order valence-electron chi connectivity index (χ0n) is 7.38. The first-order chi connectivity index (χ1) is 6.33. The van der Waals surface area contributed by atoms with Crippen LogP contribution in [0.15, 0.2) is 24.8 Å². The summed E-state index contributed by atoms with van der Waals surface area (Å²) in [6.45, 7) is 3.59. The molecule has 0 N–H and O–H groups in total. The zero-order chi connectivity index (χ0) is 9.26. The number of hydrogen-bond acceptors (Lipinski definition) is 1. The molecule has 2 rings (SSSR count). The molecule has 1 aromatic carbocycles. The van der Waals surface area contributed by atoms with E-state index in [1.165, 1.54) is 18.4 Å². The van der Waals surface area contributed by atoms with Crippen LogP contribution >= 0.6 is 0 Å². The van der Waals surface area contributed by atoms with Crippen LogP contribution in [0.25, 0.3) is 0 Å². The maximum absolute atomic E-state index is 8.79. The van der Waals surface area contributed by atoms with Crippen molar-refractivity contribution in [3.63, 3.8) is 0 Å². The molecule has 1 aromatic rings. The molecule has 1 aliphatic carbocycles. The lowest BCUT2D eigenvalue weighted by molar-refractivity contribution is 1.12. The largest absolute Gasteiger partial charge is 0.192 e. The van der Waals surface area contributed by atoms with E-state index in [4.69, 9.17) is 5.26 Å². The normalized spacial score (nSPS) is 15.0. The van der Waals surface area contributed by atoms with Crippen molar-refractivity contribution in [3.05, 3.63) is 47.5 Å². The van der Waals surface area contributed by atoms with E-state index < -0.39 is 0 Å². The van der Waals surface area contributed by atoms with Crippen molar-refractivity contribution < 1.29 is 0 Å². The monoisotopic (exact) mass is 168 g/mol. The number of nitriles is 1. The third-order valence-corrected chi connectivity index (χ3v) is 2.34. The van der Waals surface area contributed by atoms with Gasteiger partial charge in [-0.2, -0.15) is 5.26 Å². The Balaban J connectivity index is 2.45. The predicted octanol–water partition coefficient (Wildman–Crippen LogP) is 2.77. The van der Waals surface area contributed by atoms with E-state index in [-0.39, 0.29) is 0 Å². The smallest absolute Gasteiger partial charge is 0.0991 e. The highest BCUT2D eigenvalue weighted by atomic mass is 14.3. The summed E-state index contributed by atoms with van der Waals surface area (Å²) in [5.74, 6) is 0.681. The molecule has 0 spiro atoms. The number of rotatable bonds is 2. The predicted molar refractivity (Wildman–Crippen MR) is 51.1 cm³/mol. The molecule has 0 aliphatic heterocycles. The van der Waals surface area contributed by atoms with E-state index in [9.17, 15) is 0 Å². The fraction of sp³-hybridized carbons (Fsp3) is 0.250. The van der Waals surface area contributed by atoms with Gasteiger partial charge in [-0.1, -0.05) is 12.6 Å². The third-order valence-electron chi connectivity index (χ3n) is 2.34. The fourth-order valence-corrected chi connectivity index (χ4v) is 1.47. The molecule has 0 bridgehead atoms. The Morgan fingerprint density at radius 2 is 1.92 bits per heavy atom. The van der Waals surface area contributed by atoms with E-state index in [0.29, 0.717) is 5.92 Å². The first-order valence-corrected chi connectivity index (χ1v) is 4.41. The van der Waals surface area contributed by atoms with Gasteiger partial charge in [-0.25, -0.2) is 0 Å². The summed E-state index contributed by atoms with van der Waals surface area (Å²) in [6.07, 6.45) is 5.33. The maximum atomic E-state index is 8.79. The van der Waals surface area contributed by atoms with Crippen LogP contribution < -0.4 is 0 Å². The molecule has 1 aliphatic rings. The van der Waals surface area contributed by atoms with E-state index in [1.807, 2.05) is 12.1 Å². The van der Waals surface area contributed by atoms with Crippen LogP contribution in [0.5, 0.6) is 0 Å². The van der Waals surface area contributed by atoms with Gasteiger partial charge in [0.2, 0.25) is 0 Å². The van der Waals surface area contributed by atoms with Crippen LogP contribution in [0.3, 0.4) is 0 Å². The molecule has 1 heteroatoms. The topological polar surface area (TPSA) is 23.8 Å². The van der Waals surface area contributed by atoms with Crippen molar-refractivity contribution >= 4 is 0 Å². The molecule has 0 aromatic heterocycles. The Bertz CT molecular complexity index is 381. The molecule has 63 valence electrons. The molecule has 1 saturated carbocycles. The van der Waals surface area contributed by atoms with Crippen LogP contribution in [-0.2, 0) is 0 Å². The lowest BCUT2D eigenvalue weighted by atomic mass is 10.0. The van der Waals surface area contributed by atoms with Crippen molar-refractivity contribution in [2.75, 3.05) is 0 Å². The van der Waals surface area contributed by atoms with E-state index in [0.717, 1.165) is 11.1 Å². The Morgan fingerprint density at radius 1 is 1.23 bits per heavy atom. The van der Waals surface area contributed by atoms with Gasteiger partial charge in [0.25, 0.3) is 0 Å². The summed E-state index contributed by atoms with van der Waals surface area (Å²) in [5.41, 5.74) is 2.92. The third kappa shape index (κ3) is 1.62. The van der Waals surface area contributed by atoms with Crippen molar-refractivity contribution in [3.8, 4) is 6.07 Å². The summed E-state index contributed by atoms with van der Waals surface area (Å²) < 4.78 is 0. The molecule has 0 saturated heterocycles. The van der Waals surface area contributed by atoms with Gasteiger partial charge >= 0.3 is 0 Å². The molecule has 0 heterocycles. The molecule has 13 heavy (non-hydrogen) atoms. The van der Waals surface area contributed by atoms with E-state index in [1.54, 1.807) is 0 Å². The molecule has 1 nitrogen and oxygen atoms in total. The van der Waals surface area contributed by atoms with Gasteiger partial charge in [-0.15, -0.1) is 0 Å². The first-order valence-electron chi connectivity index (χ1n) is 4.41. The van der Waals surface area contributed by atoms with Crippen LogP contribution in [0.2, 0.25) is 0 Å². The Kier molecular flexibility index (Phi) is 1.90. The van der Waals surface area contributed by atoms with Crippen LogP contribution in [0.1, 0.15) is 35.4 Å². The van der Waals surface area contributed by atoms with Crippen molar-refractivity contribution in [2.24, 2.45) is 0 Å². The Morgan fingerprint density at radius 3 is 2.46 bits per heavy atom. The zero-order valence-corrected chi connectivity index (χ0v) is 7.38. The average molecular weight is 168 g/mol. The second-order valence-electron chi connectivity index (χ2n) is 3.41. The minimum atomic E-state index is 0.681. The van der Waals surface area contributed by atoms with Crippen LogP contribution in [0, 0.1) is 17.4 Å². The van der Waals surface area contributed by atoms with E-state index in [2.05, 4.69) is 24.8 Å². The van der Waals surface area contributed by atoms with E-state index >= 15 is 0 Å². The van der Waals surface area contributed by atoms with Gasteiger partial charge in [-0.3, -0.25) is 0 Å². The highest BCUT2D eigenvalue weighted by molar-refractivity contribution is 5.41. The summed E-state index contributed by atoms with van der Waals surface area (Å²) in [5, 5.41) is 8.79. The second kappa shape index (κ2) is 3.06. The lowest BCUT2D eigenvalue weighted by Crippen LogP contribution is -1.85. The molecular formula is C12H10N. The van der Waals surface area contributed by atoms with Crippen molar-refractivity contribution in [2.45, 2.75) is 18.8 Å². The Hall–Kier alpha value is -1.55. The van der Waals surface area contributed by atoms with Gasteiger partial charge in [-0.05, 0) is 48.1 Å². The van der Waals surface area contributed by atoms with Gasteiger partial charge in [0.15, 0.2) is 0 Å². The van der Waals surface area contributed by atoms with Gasteiger partial charge in [0, 0.05) is 0 Å². The molecular weight excluding hydrogens is 158 g/mol. The minimum absolute atomic E-state index is 0.681. The fourth-order valence-electron chi connectivity index (χ4n) is 1.47. The van der Waals surface area contributed by atoms with Gasteiger partial charge in [0.05, 0.1) is 11.6 Å². The summed E-state index contributed by atoms with van der Waals surface area (Å²) in [4.78, 5) is 0. The minimum Gasteiger partial charge on any atom is -0.192 e. The number of benzene rings is 1. The molecule has 0 atom stereocenters. The molecule has 1 radical (unpaired) electrons. The summed E-state index contributed by atoms with van der Waals surface area (Å²) in [7, 11) is 0. The number of hydrogen-bond donors (Lipinski definition) is 0. The van der Waals surface area contributed by atoms with Crippen molar-refractivity contribution in [1.82, 2.24) is 0 Å². The van der Waals surface area contributed by atoms with Crippen LogP contribution in [-0.4, -0.2) is 0 Å².